The van der Waals surface area contributed by atoms with E-state index in [9.17, 15) is 14.7 Å². The molecule has 0 saturated carbocycles. The number of amides is 2. The molecule has 0 aliphatic carbocycles. The van der Waals surface area contributed by atoms with Gasteiger partial charge < -0.3 is 31.5 Å². The number of rotatable bonds is 11. The summed E-state index contributed by atoms with van der Waals surface area (Å²) < 4.78 is 5.31. The molecule has 1 aliphatic heterocycles. The molecule has 1 heterocycles. The number of benzene rings is 1. The van der Waals surface area contributed by atoms with E-state index in [1.165, 1.54) is 0 Å². The Morgan fingerprint density at radius 3 is 2.58 bits per heavy atom. The molecule has 1 aromatic rings. The third-order valence-corrected chi connectivity index (χ3v) is 5.09. The minimum atomic E-state index is -0.954. The van der Waals surface area contributed by atoms with E-state index < -0.39 is 24.6 Å². The van der Waals surface area contributed by atoms with Crippen molar-refractivity contribution in [2.75, 3.05) is 51.3 Å². The molecule has 2 amide bonds. The lowest BCUT2D eigenvalue weighted by Crippen LogP contribution is -2.55. The normalized spacial score (nSPS) is 16.4. The summed E-state index contributed by atoms with van der Waals surface area (Å²) in [6.07, 6.45) is 0. The fourth-order valence-corrected chi connectivity index (χ4v) is 3.23. The molecule has 10 nitrogen and oxygen atoms in total. The first-order valence-electron chi connectivity index (χ1n) is 10.5. The SMILES string of the molecule is CC(C)C(NC(=O)C(CO)Nc1cccc(C(=N)N)c1)C(=O)NCCN1CCOCC1. The maximum absolute atomic E-state index is 12.7. The third kappa shape index (κ3) is 7.82. The maximum Gasteiger partial charge on any atom is 0.245 e. The van der Waals surface area contributed by atoms with Gasteiger partial charge in [0.1, 0.15) is 17.9 Å². The minimum absolute atomic E-state index is 0.0951. The predicted octanol–water partition coefficient (Wildman–Crippen LogP) is -0.667. The van der Waals surface area contributed by atoms with E-state index >= 15 is 0 Å². The van der Waals surface area contributed by atoms with Gasteiger partial charge in [0, 0.05) is 37.4 Å². The van der Waals surface area contributed by atoms with Crippen LogP contribution in [0.2, 0.25) is 0 Å². The van der Waals surface area contributed by atoms with Gasteiger partial charge in [-0.15, -0.1) is 0 Å². The van der Waals surface area contributed by atoms with Gasteiger partial charge in [-0.25, -0.2) is 0 Å². The number of ether oxygens (including phenoxy) is 1. The first-order chi connectivity index (χ1) is 14.8. The van der Waals surface area contributed by atoms with Crippen molar-refractivity contribution in [2.24, 2.45) is 11.7 Å². The van der Waals surface area contributed by atoms with Crippen molar-refractivity contribution in [3.63, 3.8) is 0 Å². The Morgan fingerprint density at radius 1 is 1.26 bits per heavy atom. The average Bonchev–Trinajstić information content (AvgIpc) is 2.76. The van der Waals surface area contributed by atoms with Crippen LogP contribution in [0, 0.1) is 11.3 Å². The van der Waals surface area contributed by atoms with Crippen LogP contribution in [0.25, 0.3) is 0 Å². The van der Waals surface area contributed by atoms with Gasteiger partial charge in [-0.05, 0) is 18.1 Å². The summed E-state index contributed by atoms with van der Waals surface area (Å²) in [6.45, 7) is 7.53. The van der Waals surface area contributed by atoms with Gasteiger partial charge in [0.25, 0.3) is 0 Å². The largest absolute Gasteiger partial charge is 0.394 e. The Bertz CT molecular complexity index is 751. The average molecular weight is 435 g/mol. The molecule has 0 spiro atoms. The number of morpholine rings is 1. The number of hydrogen-bond acceptors (Lipinski definition) is 7. The molecule has 2 atom stereocenters. The Labute approximate surface area is 183 Å². The highest BCUT2D eigenvalue weighted by Crippen LogP contribution is 2.12. The summed E-state index contributed by atoms with van der Waals surface area (Å²) in [5.41, 5.74) is 6.54. The lowest BCUT2D eigenvalue weighted by molar-refractivity contribution is -0.130. The fourth-order valence-electron chi connectivity index (χ4n) is 3.23. The Morgan fingerprint density at radius 2 is 1.97 bits per heavy atom. The fraction of sp³-hybridized carbons (Fsp3) is 0.571. The van der Waals surface area contributed by atoms with E-state index in [1.807, 2.05) is 13.8 Å². The molecule has 1 saturated heterocycles. The zero-order valence-electron chi connectivity index (χ0n) is 18.2. The van der Waals surface area contributed by atoms with Crippen LogP contribution in [-0.2, 0) is 14.3 Å². The Hall–Kier alpha value is -2.69. The van der Waals surface area contributed by atoms with Crippen molar-refractivity contribution in [2.45, 2.75) is 25.9 Å². The number of nitrogens with two attached hydrogens (primary N) is 1. The minimum Gasteiger partial charge on any atom is -0.394 e. The van der Waals surface area contributed by atoms with Crippen LogP contribution in [0.4, 0.5) is 5.69 Å². The summed E-state index contributed by atoms with van der Waals surface area (Å²) >= 11 is 0. The Kier molecular flexibility index (Phi) is 9.70. The Balaban J connectivity index is 1.91. The van der Waals surface area contributed by atoms with Crippen LogP contribution in [0.1, 0.15) is 19.4 Å². The van der Waals surface area contributed by atoms with E-state index in [0.717, 1.165) is 19.6 Å². The number of anilines is 1. The van der Waals surface area contributed by atoms with Gasteiger partial charge in [0.15, 0.2) is 0 Å². The van der Waals surface area contributed by atoms with Crippen LogP contribution < -0.4 is 21.7 Å². The first kappa shape index (κ1) is 24.6. The first-order valence-corrected chi connectivity index (χ1v) is 10.5. The molecular formula is C21H34N6O4. The number of amidine groups is 1. The summed E-state index contributed by atoms with van der Waals surface area (Å²) in [7, 11) is 0. The number of nitrogen functional groups attached to an aromatic ring is 1. The predicted molar refractivity (Wildman–Crippen MR) is 119 cm³/mol. The van der Waals surface area contributed by atoms with Gasteiger partial charge in [0.2, 0.25) is 11.8 Å². The van der Waals surface area contributed by atoms with Crippen molar-refractivity contribution in [1.82, 2.24) is 15.5 Å². The number of aliphatic hydroxyl groups is 1. The van der Waals surface area contributed by atoms with Crippen molar-refractivity contribution in [3.05, 3.63) is 29.8 Å². The van der Waals surface area contributed by atoms with Gasteiger partial charge in [-0.3, -0.25) is 19.9 Å². The lowest BCUT2D eigenvalue weighted by Gasteiger charge is -2.28. The molecule has 1 fully saturated rings. The van der Waals surface area contributed by atoms with Crippen LogP contribution >= 0.6 is 0 Å². The van der Waals surface area contributed by atoms with Crippen LogP contribution in [-0.4, -0.2) is 85.7 Å². The van der Waals surface area contributed by atoms with E-state index in [4.69, 9.17) is 15.9 Å². The number of carbonyl (C=O) groups is 2. The van der Waals surface area contributed by atoms with Gasteiger partial charge in [-0.1, -0.05) is 26.0 Å². The standard InChI is InChI=1S/C21H34N6O4/c1-14(2)18(21(30)24-6-7-27-8-10-31-11-9-27)26-20(29)17(13-28)25-16-5-3-4-15(12-16)19(22)23/h3-5,12,14,17-18,25,28H,6-11,13H2,1-2H3,(H3,22,23)(H,24,30)(H,26,29). The highest BCUT2D eigenvalue weighted by Gasteiger charge is 2.27. The molecule has 1 aliphatic rings. The zero-order valence-corrected chi connectivity index (χ0v) is 18.2. The van der Waals surface area contributed by atoms with E-state index in [0.29, 0.717) is 31.0 Å². The molecule has 31 heavy (non-hydrogen) atoms. The van der Waals surface area contributed by atoms with Crippen molar-refractivity contribution in [3.8, 4) is 0 Å². The summed E-state index contributed by atoms with van der Waals surface area (Å²) in [4.78, 5) is 27.6. The van der Waals surface area contributed by atoms with E-state index in [1.54, 1.807) is 24.3 Å². The molecule has 2 unspecified atom stereocenters. The maximum atomic E-state index is 12.7. The molecule has 0 bridgehead atoms. The van der Waals surface area contributed by atoms with Crippen molar-refractivity contribution < 1.29 is 19.4 Å². The second kappa shape index (κ2) is 12.2. The molecular weight excluding hydrogens is 400 g/mol. The number of hydrogen-bond donors (Lipinski definition) is 6. The zero-order chi connectivity index (χ0) is 22.8. The lowest BCUT2D eigenvalue weighted by atomic mass is 10.0. The van der Waals surface area contributed by atoms with Gasteiger partial charge in [0.05, 0.1) is 19.8 Å². The van der Waals surface area contributed by atoms with Crippen LogP contribution in [0.3, 0.4) is 0 Å². The monoisotopic (exact) mass is 434 g/mol. The number of aliphatic hydroxyl groups excluding tert-OH is 1. The summed E-state index contributed by atoms with van der Waals surface area (Å²) in [5, 5.41) is 25.8. The number of nitrogens with one attached hydrogen (secondary N) is 4. The molecule has 7 N–H and O–H groups in total. The van der Waals surface area contributed by atoms with E-state index in [2.05, 4.69) is 20.9 Å². The summed E-state index contributed by atoms with van der Waals surface area (Å²) in [6, 6.07) is 5.03. The van der Waals surface area contributed by atoms with Gasteiger partial charge in [-0.2, -0.15) is 0 Å². The quantitative estimate of drug-likeness (QED) is 0.200. The molecule has 10 heteroatoms. The molecule has 0 radical (unpaired) electrons. The second-order valence-corrected chi connectivity index (χ2v) is 7.85. The smallest absolute Gasteiger partial charge is 0.245 e. The van der Waals surface area contributed by atoms with E-state index in [-0.39, 0.29) is 17.7 Å². The van der Waals surface area contributed by atoms with Crippen LogP contribution in [0.15, 0.2) is 24.3 Å². The number of carbonyl (C=O) groups excluding carboxylic acids is 2. The van der Waals surface area contributed by atoms with Crippen molar-refractivity contribution in [1.29, 1.82) is 5.41 Å². The number of nitrogens with zero attached hydrogens (tertiary/aromatic N) is 1. The highest BCUT2D eigenvalue weighted by atomic mass is 16.5. The topological polar surface area (TPSA) is 153 Å². The molecule has 0 aromatic heterocycles. The van der Waals surface area contributed by atoms with Gasteiger partial charge >= 0.3 is 0 Å². The van der Waals surface area contributed by atoms with Crippen molar-refractivity contribution >= 4 is 23.3 Å². The third-order valence-electron chi connectivity index (χ3n) is 5.09. The molecule has 1 aromatic carbocycles. The molecule has 2 rings (SSSR count). The van der Waals surface area contributed by atoms with Crippen LogP contribution in [0.5, 0.6) is 0 Å². The highest BCUT2D eigenvalue weighted by molar-refractivity contribution is 5.96. The summed E-state index contributed by atoms with van der Waals surface area (Å²) in [5.74, 6) is -0.973. The second-order valence-electron chi connectivity index (χ2n) is 7.85. The molecule has 172 valence electrons.